The SMILES string of the molecule is CCCc1nc([C@H](NC(=O)c2n[nH]c(=O)[nH]2)c2ccccc2)no1. The van der Waals surface area contributed by atoms with Gasteiger partial charge in [0.2, 0.25) is 11.7 Å². The molecular formula is C15H16N6O3. The van der Waals surface area contributed by atoms with E-state index in [1.54, 1.807) is 0 Å². The minimum Gasteiger partial charge on any atom is -0.339 e. The molecule has 0 fully saturated rings. The molecule has 24 heavy (non-hydrogen) atoms. The van der Waals surface area contributed by atoms with E-state index in [1.807, 2.05) is 37.3 Å². The van der Waals surface area contributed by atoms with Crippen LogP contribution < -0.4 is 11.0 Å². The number of rotatable bonds is 6. The maximum Gasteiger partial charge on any atom is 0.341 e. The van der Waals surface area contributed by atoms with Crippen molar-refractivity contribution in [3.05, 3.63) is 63.9 Å². The van der Waals surface area contributed by atoms with Crippen molar-refractivity contribution < 1.29 is 9.32 Å². The molecule has 0 saturated heterocycles. The zero-order valence-corrected chi connectivity index (χ0v) is 12.9. The van der Waals surface area contributed by atoms with Crippen LogP contribution >= 0.6 is 0 Å². The molecule has 0 aliphatic rings. The highest BCUT2D eigenvalue weighted by atomic mass is 16.5. The number of aromatic nitrogens is 5. The van der Waals surface area contributed by atoms with E-state index in [0.29, 0.717) is 18.1 Å². The summed E-state index contributed by atoms with van der Waals surface area (Å²) in [5.41, 5.74) is 0.230. The van der Waals surface area contributed by atoms with Gasteiger partial charge in [0.25, 0.3) is 5.91 Å². The molecule has 0 spiro atoms. The maximum absolute atomic E-state index is 12.3. The normalized spacial score (nSPS) is 12.0. The average molecular weight is 328 g/mol. The molecule has 0 aliphatic heterocycles. The molecule has 3 rings (SSSR count). The third kappa shape index (κ3) is 3.40. The lowest BCUT2D eigenvalue weighted by Crippen LogP contribution is -2.31. The number of hydrogen-bond acceptors (Lipinski definition) is 6. The van der Waals surface area contributed by atoms with Gasteiger partial charge in [-0.05, 0) is 12.0 Å². The number of amides is 1. The molecule has 2 aromatic heterocycles. The van der Waals surface area contributed by atoms with Gasteiger partial charge in [0, 0.05) is 6.42 Å². The number of aryl methyl sites for hydroxylation is 1. The summed E-state index contributed by atoms with van der Waals surface area (Å²) < 4.78 is 5.21. The molecule has 1 atom stereocenters. The van der Waals surface area contributed by atoms with Crippen LogP contribution in [0.2, 0.25) is 0 Å². The number of nitrogens with one attached hydrogen (secondary N) is 3. The Kier molecular flexibility index (Phi) is 4.50. The third-order valence-corrected chi connectivity index (χ3v) is 3.33. The molecule has 9 nitrogen and oxygen atoms in total. The van der Waals surface area contributed by atoms with Gasteiger partial charge in [-0.3, -0.25) is 9.78 Å². The van der Waals surface area contributed by atoms with Crippen LogP contribution in [0, 0.1) is 0 Å². The minimum atomic E-state index is -0.617. The fraction of sp³-hybridized carbons (Fsp3) is 0.267. The van der Waals surface area contributed by atoms with Crippen LogP contribution in [0.15, 0.2) is 39.6 Å². The van der Waals surface area contributed by atoms with Gasteiger partial charge in [0.1, 0.15) is 6.04 Å². The van der Waals surface area contributed by atoms with Crippen molar-refractivity contribution in [2.45, 2.75) is 25.8 Å². The summed E-state index contributed by atoms with van der Waals surface area (Å²) in [6.45, 7) is 2.01. The molecule has 1 amide bonds. The number of carbonyl (C=O) groups is 1. The average Bonchev–Trinajstić information content (AvgIpc) is 3.23. The molecule has 9 heteroatoms. The van der Waals surface area contributed by atoms with Crippen molar-refractivity contribution in [2.75, 3.05) is 0 Å². The Morgan fingerprint density at radius 1 is 1.33 bits per heavy atom. The number of aromatic amines is 2. The summed E-state index contributed by atoms with van der Waals surface area (Å²) in [4.78, 5) is 30.0. The monoisotopic (exact) mass is 328 g/mol. The van der Waals surface area contributed by atoms with Crippen molar-refractivity contribution in [2.24, 2.45) is 0 Å². The highest BCUT2D eigenvalue weighted by Crippen LogP contribution is 2.20. The maximum atomic E-state index is 12.3. The minimum absolute atomic E-state index is 0.113. The molecule has 0 unspecified atom stereocenters. The van der Waals surface area contributed by atoms with Gasteiger partial charge in [0.15, 0.2) is 5.82 Å². The fourth-order valence-corrected chi connectivity index (χ4v) is 2.22. The quantitative estimate of drug-likeness (QED) is 0.618. The lowest BCUT2D eigenvalue weighted by molar-refractivity contribution is 0.0931. The second kappa shape index (κ2) is 6.90. The molecule has 0 radical (unpaired) electrons. The first-order chi connectivity index (χ1) is 11.7. The predicted octanol–water partition coefficient (Wildman–Crippen LogP) is 0.953. The van der Waals surface area contributed by atoms with E-state index in [4.69, 9.17) is 4.52 Å². The molecule has 3 N–H and O–H groups in total. The van der Waals surface area contributed by atoms with Crippen molar-refractivity contribution in [1.82, 2.24) is 30.6 Å². The first-order valence-corrected chi connectivity index (χ1v) is 7.50. The number of hydrogen-bond donors (Lipinski definition) is 3. The Morgan fingerprint density at radius 3 is 2.79 bits per heavy atom. The van der Waals surface area contributed by atoms with Crippen LogP contribution in [0.1, 0.15) is 47.3 Å². The summed E-state index contributed by atoms with van der Waals surface area (Å²) in [5, 5.41) is 12.5. The zero-order chi connectivity index (χ0) is 16.9. The van der Waals surface area contributed by atoms with Gasteiger partial charge < -0.3 is 9.84 Å². The summed E-state index contributed by atoms with van der Waals surface area (Å²) >= 11 is 0. The third-order valence-electron chi connectivity index (χ3n) is 3.33. The Hall–Kier alpha value is -3.23. The largest absolute Gasteiger partial charge is 0.341 e. The molecule has 0 aliphatic carbocycles. The first-order valence-electron chi connectivity index (χ1n) is 7.50. The Labute approximate surface area is 136 Å². The number of nitrogens with zero attached hydrogens (tertiary/aromatic N) is 3. The van der Waals surface area contributed by atoms with Crippen LogP contribution in [0.4, 0.5) is 0 Å². The van der Waals surface area contributed by atoms with E-state index < -0.39 is 17.6 Å². The standard InChI is InChI=1S/C15H16N6O3/c1-2-6-10-16-12(21-24-10)11(9-7-4-3-5-8-9)17-14(22)13-18-15(23)20-19-13/h3-5,7-8,11H,2,6H2,1H3,(H,17,22)(H2,18,19,20,23)/t11-/m1/s1. The topological polar surface area (TPSA) is 130 Å². The fourth-order valence-electron chi connectivity index (χ4n) is 2.22. The van der Waals surface area contributed by atoms with Gasteiger partial charge in [-0.15, -0.1) is 5.10 Å². The number of carbonyl (C=O) groups excluding carboxylic acids is 1. The van der Waals surface area contributed by atoms with E-state index in [1.165, 1.54) is 0 Å². The molecule has 2 heterocycles. The van der Waals surface area contributed by atoms with Crippen molar-refractivity contribution in [3.63, 3.8) is 0 Å². The van der Waals surface area contributed by atoms with Crippen molar-refractivity contribution >= 4 is 5.91 Å². The van der Waals surface area contributed by atoms with Crippen LogP contribution in [-0.2, 0) is 6.42 Å². The molecule has 0 saturated carbocycles. The summed E-state index contributed by atoms with van der Waals surface area (Å²) in [7, 11) is 0. The highest BCUT2D eigenvalue weighted by molar-refractivity contribution is 5.90. The lowest BCUT2D eigenvalue weighted by Gasteiger charge is -2.14. The summed E-state index contributed by atoms with van der Waals surface area (Å²) in [5.74, 6) is 0.189. The predicted molar refractivity (Wildman–Crippen MR) is 83.3 cm³/mol. The van der Waals surface area contributed by atoms with Crippen LogP contribution in [0.25, 0.3) is 0 Å². The van der Waals surface area contributed by atoms with Gasteiger partial charge in [-0.1, -0.05) is 42.4 Å². The summed E-state index contributed by atoms with van der Waals surface area (Å²) in [6.07, 6.45) is 1.54. The van der Waals surface area contributed by atoms with E-state index in [2.05, 4.69) is 30.6 Å². The van der Waals surface area contributed by atoms with Crippen LogP contribution in [0.3, 0.4) is 0 Å². The van der Waals surface area contributed by atoms with Crippen LogP contribution in [0.5, 0.6) is 0 Å². The highest BCUT2D eigenvalue weighted by Gasteiger charge is 2.24. The molecular weight excluding hydrogens is 312 g/mol. The smallest absolute Gasteiger partial charge is 0.339 e. The summed E-state index contributed by atoms with van der Waals surface area (Å²) in [6, 6.07) is 8.62. The molecule has 0 bridgehead atoms. The zero-order valence-electron chi connectivity index (χ0n) is 12.9. The number of benzene rings is 1. The van der Waals surface area contributed by atoms with E-state index in [9.17, 15) is 9.59 Å². The first kappa shape index (κ1) is 15.7. The van der Waals surface area contributed by atoms with Crippen molar-refractivity contribution in [3.8, 4) is 0 Å². The van der Waals surface area contributed by atoms with Gasteiger partial charge >= 0.3 is 5.69 Å². The Bertz CT molecular complexity index is 866. The van der Waals surface area contributed by atoms with E-state index >= 15 is 0 Å². The molecule has 124 valence electrons. The van der Waals surface area contributed by atoms with Crippen LogP contribution in [-0.4, -0.2) is 31.2 Å². The second-order valence-electron chi connectivity index (χ2n) is 5.14. The van der Waals surface area contributed by atoms with Gasteiger partial charge in [-0.25, -0.2) is 9.89 Å². The second-order valence-corrected chi connectivity index (χ2v) is 5.14. The Morgan fingerprint density at radius 2 is 2.12 bits per heavy atom. The Balaban J connectivity index is 1.90. The number of H-pyrrole nitrogens is 2. The molecule has 3 aromatic rings. The molecule has 1 aromatic carbocycles. The van der Waals surface area contributed by atoms with Gasteiger partial charge in [-0.2, -0.15) is 4.98 Å². The van der Waals surface area contributed by atoms with E-state index in [0.717, 1.165) is 12.0 Å². The van der Waals surface area contributed by atoms with Crippen molar-refractivity contribution in [1.29, 1.82) is 0 Å². The van der Waals surface area contributed by atoms with E-state index in [-0.39, 0.29) is 5.82 Å². The lowest BCUT2D eigenvalue weighted by atomic mass is 10.1. The van der Waals surface area contributed by atoms with Gasteiger partial charge in [0.05, 0.1) is 0 Å².